The molecule has 0 aliphatic rings. The summed E-state index contributed by atoms with van der Waals surface area (Å²) < 4.78 is 0. The van der Waals surface area contributed by atoms with Gasteiger partial charge in [0.2, 0.25) is 0 Å². The Morgan fingerprint density at radius 1 is 0.840 bits per heavy atom. The number of benzene rings is 3. The van der Waals surface area contributed by atoms with E-state index in [2.05, 4.69) is 10.5 Å². The SMILES string of the molecule is O=C(Nc1ccccc1C(=NO)c1ccccc1)c1ccc(Cl)cc1. The fraction of sp³-hybridized carbons (Fsp3) is 0. The number of amides is 1. The average molecular weight is 351 g/mol. The van der Waals surface area contributed by atoms with Gasteiger partial charge >= 0.3 is 0 Å². The number of hydrogen-bond donors (Lipinski definition) is 2. The quantitative estimate of drug-likeness (QED) is 0.402. The molecule has 0 heterocycles. The number of rotatable bonds is 4. The van der Waals surface area contributed by atoms with Crippen LogP contribution in [0.15, 0.2) is 84.0 Å². The summed E-state index contributed by atoms with van der Waals surface area (Å²) in [4.78, 5) is 12.5. The first-order valence-corrected chi connectivity index (χ1v) is 8.00. The number of anilines is 1. The molecule has 3 aromatic rings. The molecule has 25 heavy (non-hydrogen) atoms. The number of carbonyl (C=O) groups is 1. The van der Waals surface area contributed by atoms with Crippen LogP contribution < -0.4 is 5.32 Å². The average Bonchev–Trinajstić information content (AvgIpc) is 2.65. The minimum absolute atomic E-state index is 0.269. The number of halogens is 1. The lowest BCUT2D eigenvalue weighted by Gasteiger charge is -2.12. The van der Waals surface area contributed by atoms with Gasteiger partial charge in [0.05, 0.1) is 5.69 Å². The Hall–Kier alpha value is -3.11. The summed E-state index contributed by atoms with van der Waals surface area (Å²) in [6.07, 6.45) is 0. The highest BCUT2D eigenvalue weighted by atomic mass is 35.5. The first-order chi connectivity index (χ1) is 12.2. The molecule has 0 radical (unpaired) electrons. The van der Waals surface area contributed by atoms with E-state index in [0.29, 0.717) is 27.5 Å². The molecule has 0 saturated carbocycles. The Kier molecular flexibility index (Phi) is 5.11. The van der Waals surface area contributed by atoms with E-state index in [1.165, 1.54) is 0 Å². The van der Waals surface area contributed by atoms with Crippen molar-refractivity contribution in [2.24, 2.45) is 5.16 Å². The first-order valence-electron chi connectivity index (χ1n) is 7.63. The van der Waals surface area contributed by atoms with Crippen molar-refractivity contribution in [2.45, 2.75) is 0 Å². The third-order valence-corrected chi connectivity index (χ3v) is 3.94. The van der Waals surface area contributed by atoms with Gasteiger partial charge in [-0.25, -0.2) is 0 Å². The number of nitrogens with one attached hydrogen (secondary N) is 1. The third-order valence-electron chi connectivity index (χ3n) is 3.68. The van der Waals surface area contributed by atoms with E-state index in [9.17, 15) is 10.0 Å². The van der Waals surface area contributed by atoms with Crippen molar-refractivity contribution < 1.29 is 10.0 Å². The second-order valence-electron chi connectivity index (χ2n) is 5.32. The van der Waals surface area contributed by atoms with Crippen LogP contribution in [-0.2, 0) is 0 Å². The van der Waals surface area contributed by atoms with E-state index < -0.39 is 0 Å². The van der Waals surface area contributed by atoms with Crippen molar-refractivity contribution in [1.29, 1.82) is 0 Å². The molecule has 0 aliphatic heterocycles. The first kappa shape index (κ1) is 16.7. The molecule has 0 spiro atoms. The molecule has 0 saturated heterocycles. The fourth-order valence-corrected chi connectivity index (χ4v) is 2.58. The van der Waals surface area contributed by atoms with Crippen LogP contribution in [0.3, 0.4) is 0 Å². The molecule has 0 fully saturated rings. The van der Waals surface area contributed by atoms with Crippen molar-refractivity contribution in [3.63, 3.8) is 0 Å². The number of para-hydroxylation sites is 1. The van der Waals surface area contributed by atoms with Crippen LogP contribution in [-0.4, -0.2) is 16.8 Å². The summed E-state index contributed by atoms with van der Waals surface area (Å²) in [6.45, 7) is 0. The van der Waals surface area contributed by atoms with E-state index in [1.54, 1.807) is 42.5 Å². The highest BCUT2D eigenvalue weighted by molar-refractivity contribution is 6.30. The van der Waals surface area contributed by atoms with Crippen molar-refractivity contribution in [3.05, 3.63) is 101 Å². The lowest BCUT2D eigenvalue weighted by atomic mass is 10.0. The zero-order chi connectivity index (χ0) is 17.6. The van der Waals surface area contributed by atoms with Crippen LogP contribution in [0.25, 0.3) is 0 Å². The maximum absolute atomic E-state index is 12.5. The Morgan fingerprint density at radius 3 is 2.16 bits per heavy atom. The Balaban J connectivity index is 1.93. The van der Waals surface area contributed by atoms with Crippen molar-refractivity contribution in [1.82, 2.24) is 0 Å². The fourth-order valence-electron chi connectivity index (χ4n) is 2.46. The molecule has 0 aromatic heterocycles. The smallest absolute Gasteiger partial charge is 0.255 e. The van der Waals surface area contributed by atoms with E-state index in [0.717, 1.165) is 5.56 Å². The van der Waals surface area contributed by atoms with Gasteiger partial charge in [0, 0.05) is 21.7 Å². The summed E-state index contributed by atoms with van der Waals surface area (Å²) in [7, 11) is 0. The van der Waals surface area contributed by atoms with Gasteiger partial charge in [-0.2, -0.15) is 0 Å². The van der Waals surface area contributed by atoms with Gasteiger partial charge in [-0.1, -0.05) is 65.3 Å². The van der Waals surface area contributed by atoms with Crippen LogP contribution in [0.1, 0.15) is 21.5 Å². The number of carbonyl (C=O) groups excluding carboxylic acids is 1. The zero-order valence-corrected chi connectivity index (χ0v) is 13.9. The molecular weight excluding hydrogens is 336 g/mol. The number of oxime groups is 1. The van der Waals surface area contributed by atoms with Gasteiger partial charge in [-0.15, -0.1) is 0 Å². The van der Waals surface area contributed by atoms with Crippen LogP contribution in [0.2, 0.25) is 5.02 Å². The molecule has 0 atom stereocenters. The van der Waals surface area contributed by atoms with Crippen LogP contribution in [0.4, 0.5) is 5.69 Å². The summed E-state index contributed by atoms with van der Waals surface area (Å²) >= 11 is 5.85. The molecule has 1 amide bonds. The molecule has 3 aromatic carbocycles. The molecule has 5 heteroatoms. The van der Waals surface area contributed by atoms with Gasteiger partial charge in [0.15, 0.2) is 0 Å². The molecule has 2 N–H and O–H groups in total. The van der Waals surface area contributed by atoms with Gasteiger partial charge in [-0.3, -0.25) is 4.79 Å². The van der Waals surface area contributed by atoms with E-state index in [1.807, 2.05) is 36.4 Å². The summed E-state index contributed by atoms with van der Waals surface area (Å²) in [5.74, 6) is -0.269. The van der Waals surface area contributed by atoms with Gasteiger partial charge in [0.25, 0.3) is 5.91 Å². The minimum Gasteiger partial charge on any atom is -0.410 e. The second kappa shape index (κ2) is 7.64. The zero-order valence-electron chi connectivity index (χ0n) is 13.2. The topological polar surface area (TPSA) is 61.7 Å². The molecule has 0 bridgehead atoms. The molecule has 124 valence electrons. The Bertz CT molecular complexity index is 906. The molecule has 0 aliphatic carbocycles. The summed E-state index contributed by atoms with van der Waals surface area (Å²) in [6, 6.07) is 23.1. The van der Waals surface area contributed by atoms with Gasteiger partial charge < -0.3 is 10.5 Å². The van der Waals surface area contributed by atoms with Crippen molar-refractivity contribution in [3.8, 4) is 0 Å². The molecule has 4 nitrogen and oxygen atoms in total. The van der Waals surface area contributed by atoms with Crippen molar-refractivity contribution >= 4 is 28.9 Å². The highest BCUT2D eigenvalue weighted by Crippen LogP contribution is 2.21. The van der Waals surface area contributed by atoms with Crippen LogP contribution in [0.5, 0.6) is 0 Å². The van der Waals surface area contributed by atoms with E-state index in [-0.39, 0.29) is 5.91 Å². The maximum Gasteiger partial charge on any atom is 0.255 e. The Labute approximate surface area is 150 Å². The van der Waals surface area contributed by atoms with Crippen molar-refractivity contribution in [2.75, 3.05) is 5.32 Å². The predicted molar refractivity (Wildman–Crippen MR) is 99.7 cm³/mol. The highest BCUT2D eigenvalue weighted by Gasteiger charge is 2.14. The van der Waals surface area contributed by atoms with E-state index >= 15 is 0 Å². The monoisotopic (exact) mass is 350 g/mol. The summed E-state index contributed by atoms with van der Waals surface area (Å²) in [5.41, 5.74) is 2.80. The van der Waals surface area contributed by atoms with Gasteiger partial charge in [-0.05, 0) is 30.3 Å². The number of hydrogen-bond acceptors (Lipinski definition) is 3. The summed E-state index contributed by atoms with van der Waals surface area (Å²) in [5, 5.41) is 16.4. The lowest BCUT2D eigenvalue weighted by molar-refractivity contribution is 0.102. The Morgan fingerprint density at radius 2 is 1.48 bits per heavy atom. The normalized spacial score (nSPS) is 11.2. The minimum atomic E-state index is -0.269. The van der Waals surface area contributed by atoms with Crippen LogP contribution >= 0.6 is 11.6 Å². The largest absolute Gasteiger partial charge is 0.410 e. The third kappa shape index (κ3) is 3.87. The molecular formula is C20H15ClN2O2. The van der Waals surface area contributed by atoms with Crippen LogP contribution in [0, 0.1) is 0 Å². The van der Waals surface area contributed by atoms with E-state index in [4.69, 9.17) is 11.6 Å². The second-order valence-corrected chi connectivity index (χ2v) is 5.76. The van der Waals surface area contributed by atoms with Gasteiger partial charge in [0.1, 0.15) is 5.71 Å². The molecule has 0 unspecified atom stereocenters. The maximum atomic E-state index is 12.5. The number of nitrogens with zero attached hydrogens (tertiary/aromatic N) is 1. The predicted octanol–water partition coefficient (Wildman–Crippen LogP) is 4.82. The molecule has 3 rings (SSSR count). The lowest BCUT2D eigenvalue weighted by Crippen LogP contribution is -2.15. The standard InChI is InChI=1S/C20H15ClN2O2/c21-16-12-10-15(11-13-16)20(24)22-18-9-5-4-8-17(18)19(23-25)14-6-2-1-3-7-14/h1-13,25H,(H,22,24).